The van der Waals surface area contributed by atoms with Crippen molar-refractivity contribution in [2.24, 2.45) is 5.73 Å². The number of benzene rings is 1. The van der Waals surface area contributed by atoms with E-state index in [4.69, 9.17) is 22.1 Å². The molecule has 0 saturated carbocycles. The molecule has 2 rings (SSSR count). The van der Waals surface area contributed by atoms with Crippen molar-refractivity contribution in [3.63, 3.8) is 0 Å². The zero-order chi connectivity index (χ0) is 13.7. The Morgan fingerprint density at radius 1 is 1.40 bits per heavy atom. The summed E-state index contributed by atoms with van der Waals surface area (Å²) < 4.78 is 5.48. The largest absolute Gasteiger partial charge is 0.482 e. The number of hydrogen-bond donors (Lipinski definition) is 1. The highest BCUT2D eigenvalue weighted by Crippen LogP contribution is 2.23. The van der Waals surface area contributed by atoms with Crippen molar-refractivity contribution in [2.75, 3.05) is 19.7 Å². The summed E-state index contributed by atoms with van der Waals surface area (Å²) >= 11 is 5.98. The first-order chi connectivity index (χ1) is 9.22. The summed E-state index contributed by atoms with van der Waals surface area (Å²) in [6, 6.07) is 7.30. The van der Waals surface area contributed by atoms with Crippen molar-refractivity contribution in [2.45, 2.75) is 25.3 Å². The highest BCUT2D eigenvalue weighted by atomic mass is 35.5. The average Bonchev–Trinajstić information content (AvgIpc) is 2.46. The van der Waals surface area contributed by atoms with E-state index in [-0.39, 0.29) is 31.0 Å². The fraction of sp³-hybridized carbons (Fsp3) is 0.500. The summed E-state index contributed by atoms with van der Waals surface area (Å²) in [6.45, 7) is 1.30. The lowest BCUT2D eigenvalue weighted by Crippen LogP contribution is -2.49. The second-order valence-corrected chi connectivity index (χ2v) is 5.10. The molecule has 1 fully saturated rings. The highest BCUT2D eigenvalue weighted by molar-refractivity contribution is 6.32. The molecule has 0 spiro atoms. The molecule has 20 heavy (non-hydrogen) atoms. The summed E-state index contributed by atoms with van der Waals surface area (Å²) in [5.41, 5.74) is 5.71. The van der Waals surface area contributed by atoms with Crippen LogP contribution in [0.2, 0.25) is 5.02 Å². The van der Waals surface area contributed by atoms with Crippen molar-refractivity contribution in [1.29, 1.82) is 0 Å². The molecule has 1 aliphatic rings. The number of hydrogen-bond acceptors (Lipinski definition) is 3. The number of piperidine rings is 1. The number of carbonyl (C=O) groups excluding carboxylic acids is 1. The maximum atomic E-state index is 12.2. The molecule has 2 N–H and O–H groups in total. The molecule has 112 valence electrons. The molecule has 0 aliphatic carbocycles. The van der Waals surface area contributed by atoms with Gasteiger partial charge in [-0.05, 0) is 31.4 Å². The average molecular weight is 319 g/mol. The minimum Gasteiger partial charge on any atom is -0.482 e. The summed E-state index contributed by atoms with van der Waals surface area (Å²) in [4.78, 5) is 14.0. The van der Waals surface area contributed by atoms with Crippen molar-refractivity contribution < 1.29 is 9.53 Å². The zero-order valence-corrected chi connectivity index (χ0v) is 12.8. The van der Waals surface area contributed by atoms with E-state index in [1.54, 1.807) is 12.1 Å². The minimum absolute atomic E-state index is 0. The van der Waals surface area contributed by atoms with Crippen molar-refractivity contribution in [3.8, 4) is 5.75 Å². The van der Waals surface area contributed by atoms with Crippen LogP contribution in [0.3, 0.4) is 0 Å². The Labute approximate surface area is 130 Å². The predicted octanol–water partition coefficient (Wildman–Crippen LogP) is 2.48. The third-order valence-corrected chi connectivity index (χ3v) is 3.72. The molecule has 6 heteroatoms. The Hall–Kier alpha value is -0.970. The van der Waals surface area contributed by atoms with Gasteiger partial charge in [0.25, 0.3) is 5.91 Å². The highest BCUT2D eigenvalue weighted by Gasteiger charge is 2.25. The molecule has 1 saturated heterocycles. The van der Waals surface area contributed by atoms with Gasteiger partial charge in [-0.1, -0.05) is 23.7 Å². The van der Waals surface area contributed by atoms with E-state index in [2.05, 4.69) is 0 Å². The summed E-state index contributed by atoms with van der Waals surface area (Å²) in [6.07, 6.45) is 3.15. The van der Waals surface area contributed by atoms with Crippen LogP contribution in [0.4, 0.5) is 0 Å². The molecule has 4 nitrogen and oxygen atoms in total. The van der Waals surface area contributed by atoms with Gasteiger partial charge in [0.05, 0.1) is 5.02 Å². The lowest BCUT2D eigenvalue weighted by molar-refractivity contribution is -0.136. The molecule has 0 radical (unpaired) electrons. The number of para-hydroxylation sites is 1. The van der Waals surface area contributed by atoms with Gasteiger partial charge in [0.1, 0.15) is 5.75 Å². The number of rotatable bonds is 4. The number of nitrogens with zero attached hydrogens (tertiary/aromatic N) is 1. The van der Waals surface area contributed by atoms with Crippen LogP contribution < -0.4 is 10.5 Å². The fourth-order valence-electron chi connectivity index (χ4n) is 2.36. The molecular weight excluding hydrogens is 299 g/mol. The second-order valence-electron chi connectivity index (χ2n) is 4.69. The predicted molar refractivity (Wildman–Crippen MR) is 82.6 cm³/mol. The first-order valence-corrected chi connectivity index (χ1v) is 6.97. The van der Waals surface area contributed by atoms with E-state index in [9.17, 15) is 4.79 Å². The van der Waals surface area contributed by atoms with Crippen LogP contribution in [0, 0.1) is 0 Å². The normalized spacial score (nSPS) is 18.3. The maximum absolute atomic E-state index is 12.2. The summed E-state index contributed by atoms with van der Waals surface area (Å²) in [7, 11) is 0. The van der Waals surface area contributed by atoms with Crippen LogP contribution in [0.1, 0.15) is 19.3 Å². The number of likely N-dealkylation sites (tertiary alicyclic amines) is 1. The van der Waals surface area contributed by atoms with E-state index in [1.807, 2.05) is 17.0 Å². The molecule has 0 aromatic heterocycles. The molecule has 1 unspecified atom stereocenters. The Morgan fingerprint density at radius 2 is 2.15 bits per heavy atom. The Bertz CT molecular complexity index is 443. The Balaban J connectivity index is 0.00000200. The van der Waals surface area contributed by atoms with Gasteiger partial charge in [-0.2, -0.15) is 0 Å². The molecule has 1 heterocycles. The van der Waals surface area contributed by atoms with Crippen LogP contribution in [0.15, 0.2) is 24.3 Å². The molecule has 0 bridgehead atoms. The lowest BCUT2D eigenvalue weighted by Gasteiger charge is -2.34. The Kier molecular flexibility index (Phi) is 7.13. The van der Waals surface area contributed by atoms with E-state index in [0.717, 1.165) is 25.8 Å². The molecule has 1 aliphatic heterocycles. The monoisotopic (exact) mass is 318 g/mol. The first kappa shape index (κ1) is 17.1. The minimum atomic E-state index is -0.0185. The van der Waals surface area contributed by atoms with Crippen molar-refractivity contribution in [3.05, 3.63) is 29.3 Å². The number of nitrogens with two attached hydrogens (primary N) is 1. The number of amides is 1. The quantitative estimate of drug-likeness (QED) is 0.927. The first-order valence-electron chi connectivity index (χ1n) is 6.59. The number of halogens is 2. The number of carbonyl (C=O) groups is 1. The third-order valence-electron chi connectivity index (χ3n) is 3.41. The van der Waals surface area contributed by atoms with Crippen LogP contribution in [0.5, 0.6) is 5.75 Å². The summed E-state index contributed by atoms with van der Waals surface area (Å²) in [5, 5.41) is 0.518. The van der Waals surface area contributed by atoms with Gasteiger partial charge in [0, 0.05) is 19.1 Å². The Morgan fingerprint density at radius 3 is 2.85 bits per heavy atom. The van der Waals surface area contributed by atoms with Gasteiger partial charge >= 0.3 is 0 Å². The lowest BCUT2D eigenvalue weighted by atomic mass is 10.0. The van der Waals surface area contributed by atoms with Gasteiger partial charge in [-0.25, -0.2) is 0 Å². The zero-order valence-electron chi connectivity index (χ0n) is 11.3. The van der Waals surface area contributed by atoms with E-state index >= 15 is 0 Å². The fourth-order valence-corrected chi connectivity index (χ4v) is 2.55. The third kappa shape index (κ3) is 4.27. The standard InChI is InChI=1S/C14H19ClN2O2.ClH/c15-12-6-1-2-7-13(12)19-10-14(18)17-8-4-3-5-11(17)9-16;/h1-2,6-7,11H,3-5,8-10,16H2;1H. The van der Waals surface area contributed by atoms with Gasteiger partial charge in [-0.15, -0.1) is 12.4 Å². The van der Waals surface area contributed by atoms with Gasteiger partial charge in [-0.3, -0.25) is 4.79 Å². The van der Waals surface area contributed by atoms with E-state index < -0.39 is 0 Å². The van der Waals surface area contributed by atoms with Crippen molar-refractivity contribution >= 4 is 29.9 Å². The second kappa shape index (κ2) is 8.35. The topological polar surface area (TPSA) is 55.6 Å². The molecular formula is C14H20Cl2N2O2. The van der Waals surface area contributed by atoms with Crippen molar-refractivity contribution in [1.82, 2.24) is 4.90 Å². The van der Waals surface area contributed by atoms with E-state index in [0.29, 0.717) is 17.3 Å². The summed E-state index contributed by atoms with van der Waals surface area (Å²) in [5.74, 6) is 0.522. The molecule has 1 aromatic carbocycles. The maximum Gasteiger partial charge on any atom is 0.260 e. The molecule has 1 amide bonds. The van der Waals surface area contributed by atoms with Crippen LogP contribution >= 0.6 is 24.0 Å². The SMILES string of the molecule is Cl.NCC1CCCCN1C(=O)COc1ccccc1Cl. The molecule has 1 atom stereocenters. The van der Waals surface area contributed by atoms with E-state index in [1.165, 1.54) is 0 Å². The number of ether oxygens (including phenoxy) is 1. The van der Waals surface area contributed by atoms with Crippen LogP contribution in [0.25, 0.3) is 0 Å². The van der Waals surface area contributed by atoms with Crippen LogP contribution in [-0.4, -0.2) is 36.5 Å². The van der Waals surface area contributed by atoms with Gasteiger partial charge in [0.15, 0.2) is 6.61 Å². The smallest absolute Gasteiger partial charge is 0.260 e. The molecule has 1 aromatic rings. The van der Waals surface area contributed by atoms with Gasteiger partial charge < -0.3 is 15.4 Å². The van der Waals surface area contributed by atoms with Gasteiger partial charge in [0.2, 0.25) is 0 Å². The van der Waals surface area contributed by atoms with Crippen LogP contribution in [-0.2, 0) is 4.79 Å².